The third kappa shape index (κ3) is 4.68. The minimum absolute atomic E-state index is 0.0689. The van der Waals surface area contributed by atoms with Crippen LogP contribution in [-0.2, 0) is 4.74 Å². The highest BCUT2D eigenvalue weighted by atomic mass is 32.2. The van der Waals surface area contributed by atoms with Gasteiger partial charge in [-0.3, -0.25) is 9.78 Å². The second-order valence-electron chi connectivity index (χ2n) is 6.42. The lowest BCUT2D eigenvalue weighted by Gasteiger charge is -2.23. The molecule has 3 rings (SSSR count). The normalized spacial score (nSPS) is 20.9. The first kappa shape index (κ1) is 20.3. The van der Waals surface area contributed by atoms with E-state index in [4.69, 9.17) is 16.2 Å². The summed E-state index contributed by atoms with van der Waals surface area (Å²) < 4.78 is 31.6. The molecule has 150 valence electrons. The molecule has 2 atom stereocenters. The molecule has 10 heteroatoms. The van der Waals surface area contributed by atoms with Crippen LogP contribution >= 0.6 is 11.8 Å². The number of hydrogen-bond donors (Lipinski definition) is 3. The summed E-state index contributed by atoms with van der Waals surface area (Å²) >= 11 is 1.15. The summed E-state index contributed by atoms with van der Waals surface area (Å²) in [6, 6.07) is 0.255. The number of nitrogens with one attached hydrogen (secondary N) is 1. The fourth-order valence-electron chi connectivity index (χ4n) is 2.74. The van der Waals surface area contributed by atoms with Crippen LogP contribution in [0, 0.1) is 5.92 Å². The van der Waals surface area contributed by atoms with E-state index in [2.05, 4.69) is 15.3 Å². The van der Waals surface area contributed by atoms with Crippen molar-refractivity contribution in [2.75, 3.05) is 7.11 Å². The summed E-state index contributed by atoms with van der Waals surface area (Å²) in [5, 5.41) is 2.42. The zero-order valence-electron chi connectivity index (χ0n) is 15.1. The number of alkyl halides is 2. The molecule has 1 amide bonds. The molecule has 2 unspecified atom stereocenters. The highest BCUT2D eigenvalue weighted by molar-refractivity contribution is 8.14. The molecule has 1 aromatic heterocycles. The predicted octanol–water partition coefficient (Wildman–Crippen LogP) is 2.07. The third-order valence-electron chi connectivity index (χ3n) is 4.41. The number of methoxy groups -OCH3 is 1. The fraction of sp³-hybridized carbons (Fsp3) is 0.389. The first-order valence-corrected chi connectivity index (χ1v) is 9.54. The summed E-state index contributed by atoms with van der Waals surface area (Å²) in [4.78, 5) is 20.6. The van der Waals surface area contributed by atoms with Crippen LogP contribution in [0.25, 0.3) is 5.57 Å². The van der Waals surface area contributed by atoms with Gasteiger partial charge in [0, 0.05) is 29.7 Å². The van der Waals surface area contributed by atoms with Crippen molar-refractivity contribution in [1.29, 1.82) is 0 Å². The second-order valence-corrected chi connectivity index (χ2v) is 7.61. The Morgan fingerprint density at radius 2 is 2.21 bits per heavy atom. The van der Waals surface area contributed by atoms with Crippen molar-refractivity contribution in [1.82, 2.24) is 10.3 Å². The largest absolute Gasteiger partial charge is 0.495 e. The maximum Gasteiger partial charge on any atom is 0.280 e. The van der Waals surface area contributed by atoms with Gasteiger partial charge in [0.05, 0.1) is 18.0 Å². The van der Waals surface area contributed by atoms with E-state index in [1.54, 1.807) is 0 Å². The monoisotopic (exact) mass is 409 g/mol. The van der Waals surface area contributed by atoms with Gasteiger partial charge in [0.15, 0.2) is 5.17 Å². The Morgan fingerprint density at radius 3 is 2.86 bits per heavy atom. The lowest BCUT2D eigenvalue weighted by molar-refractivity contribution is 0.100. The van der Waals surface area contributed by atoms with Gasteiger partial charge in [-0.2, -0.15) is 4.99 Å². The number of rotatable bonds is 6. The molecule has 0 saturated heterocycles. The predicted molar refractivity (Wildman–Crippen MR) is 104 cm³/mol. The average Bonchev–Trinajstić information content (AvgIpc) is 3.52. The summed E-state index contributed by atoms with van der Waals surface area (Å²) in [5.74, 6) is 0.0980. The Hall–Kier alpha value is -2.46. The molecule has 1 aromatic rings. The number of allylic oxidation sites excluding steroid dienone is 1. The molecule has 2 aliphatic rings. The standard InChI is InChI=1S/C18H21F2N5O2S/c1-27-14-8-24-13(15(19)20)6-11(14)12-7-23-5-4-10(12)17(26)25-18(22)28-16(21)9-2-3-9/h4-9,13,15-16,24H,2-3,21H2,1H3,(H2,22,25,26). The number of thioether (sulfide) groups is 1. The van der Waals surface area contributed by atoms with E-state index in [1.807, 2.05) is 0 Å². The van der Waals surface area contributed by atoms with Crippen molar-refractivity contribution in [2.24, 2.45) is 22.4 Å². The Balaban J connectivity index is 1.89. The minimum atomic E-state index is -2.63. The number of halogens is 2. The van der Waals surface area contributed by atoms with Gasteiger partial charge in [-0.15, -0.1) is 0 Å². The van der Waals surface area contributed by atoms with Crippen LogP contribution in [-0.4, -0.2) is 41.0 Å². The van der Waals surface area contributed by atoms with Crippen LogP contribution in [0.15, 0.2) is 41.5 Å². The van der Waals surface area contributed by atoms with E-state index in [-0.39, 0.29) is 16.1 Å². The van der Waals surface area contributed by atoms with Gasteiger partial charge < -0.3 is 21.5 Å². The van der Waals surface area contributed by atoms with Crippen molar-refractivity contribution >= 4 is 28.4 Å². The number of ether oxygens (including phenoxy) is 1. The van der Waals surface area contributed by atoms with Gasteiger partial charge in [0.1, 0.15) is 11.8 Å². The zero-order chi connectivity index (χ0) is 20.3. The van der Waals surface area contributed by atoms with E-state index in [1.165, 1.54) is 37.8 Å². The third-order valence-corrected chi connectivity index (χ3v) is 5.40. The van der Waals surface area contributed by atoms with Gasteiger partial charge >= 0.3 is 0 Å². The van der Waals surface area contributed by atoms with Crippen LogP contribution in [0.3, 0.4) is 0 Å². The number of pyridine rings is 1. The zero-order valence-corrected chi connectivity index (χ0v) is 16.0. The maximum atomic E-state index is 13.2. The molecule has 0 aromatic carbocycles. The molecule has 0 spiro atoms. The number of dihydropyridines is 1. The maximum absolute atomic E-state index is 13.2. The average molecular weight is 409 g/mol. The summed E-state index contributed by atoms with van der Waals surface area (Å²) in [6.07, 6.45) is 4.95. The highest BCUT2D eigenvalue weighted by Crippen LogP contribution is 2.36. The van der Waals surface area contributed by atoms with Gasteiger partial charge in [-0.1, -0.05) is 11.8 Å². The Morgan fingerprint density at radius 1 is 1.46 bits per heavy atom. The minimum Gasteiger partial charge on any atom is -0.495 e. The molecule has 5 N–H and O–H groups in total. The topological polar surface area (TPSA) is 116 Å². The Labute approximate surface area is 165 Å². The molecule has 2 heterocycles. The molecule has 7 nitrogen and oxygen atoms in total. The Kier molecular flexibility index (Phi) is 6.30. The summed E-state index contributed by atoms with van der Waals surface area (Å²) in [5.41, 5.74) is 12.7. The molecule has 0 radical (unpaired) electrons. The van der Waals surface area contributed by atoms with Gasteiger partial charge in [0.25, 0.3) is 12.3 Å². The molecular weight excluding hydrogens is 388 g/mol. The molecule has 1 aliphatic carbocycles. The van der Waals surface area contributed by atoms with Crippen molar-refractivity contribution in [3.8, 4) is 0 Å². The number of nitrogens with two attached hydrogens (primary N) is 2. The van der Waals surface area contributed by atoms with Crippen LogP contribution in [0.1, 0.15) is 28.8 Å². The number of nitrogens with zero attached hydrogens (tertiary/aromatic N) is 2. The smallest absolute Gasteiger partial charge is 0.280 e. The quantitative estimate of drug-likeness (QED) is 0.374. The van der Waals surface area contributed by atoms with Crippen molar-refractivity contribution in [3.05, 3.63) is 47.6 Å². The van der Waals surface area contributed by atoms with Crippen molar-refractivity contribution in [2.45, 2.75) is 30.7 Å². The van der Waals surface area contributed by atoms with Crippen LogP contribution in [0.4, 0.5) is 8.78 Å². The van der Waals surface area contributed by atoms with Gasteiger partial charge in [0.2, 0.25) is 0 Å². The molecular formula is C18H21F2N5O2S. The second kappa shape index (κ2) is 8.70. The van der Waals surface area contributed by atoms with E-state index in [9.17, 15) is 13.6 Å². The van der Waals surface area contributed by atoms with Gasteiger partial charge in [-0.05, 0) is 30.9 Å². The number of hydrogen-bond acceptors (Lipinski definition) is 6. The highest BCUT2D eigenvalue weighted by Gasteiger charge is 2.30. The first-order valence-electron chi connectivity index (χ1n) is 8.66. The fourth-order valence-corrected chi connectivity index (χ4v) is 3.62. The lowest BCUT2D eigenvalue weighted by Crippen LogP contribution is -2.33. The lowest BCUT2D eigenvalue weighted by atomic mass is 9.96. The number of amidine groups is 1. The Bertz CT molecular complexity index is 839. The SMILES string of the molecule is COC1=CNC(C(F)F)C=C1c1cnccc1C(=O)N=C(N)SC(N)C1CC1. The van der Waals surface area contributed by atoms with Crippen molar-refractivity contribution in [3.63, 3.8) is 0 Å². The molecule has 1 fully saturated rings. The number of aliphatic imine (C=N–C) groups is 1. The van der Waals surface area contributed by atoms with E-state index in [0.717, 1.165) is 24.6 Å². The molecule has 1 saturated carbocycles. The first-order chi connectivity index (χ1) is 13.4. The molecule has 1 aliphatic heterocycles. The van der Waals surface area contributed by atoms with E-state index < -0.39 is 18.4 Å². The summed E-state index contributed by atoms with van der Waals surface area (Å²) in [6.45, 7) is 0. The van der Waals surface area contributed by atoms with Gasteiger partial charge in [-0.25, -0.2) is 8.78 Å². The number of carbonyl (C=O) groups is 1. The van der Waals surface area contributed by atoms with Crippen LogP contribution in [0.2, 0.25) is 0 Å². The molecule has 28 heavy (non-hydrogen) atoms. The van der Waals surface area contributed by atoms with Crippen LogP contribution in [0.5, 0.6) is 0 Å². The number of carbonyl (C=O) groups excluding carboxylic acids is 1. The molecule has 0 bridgehead atoms. The number of amides is 1. The van der Waals surface area contributed by atoms with Crippen molar-refractivity contribution < 1.29 is 18.3 Å². The summed E-state index contributed by atoms with van der Waals surface area (Å²) in [7, 11) is 1.41. The van der Waals surface area contributed by atoms with E-state index >= 15 is 0 Å². The van der Waals surface area contributed by atoms with E-state index in [0.29, 0.717) is 22.8 Å². The number of aromatic nitrogens is 1. The van der Waals surface area contributed by atoms with Crippen LogP contribution < -0.4 is 16.8 Å².